The fraction of sp³-hybridized carbons (Fsp3) is 0.538. The molecule has 21 heavy (non-hydrogen) atoms. The highest BCUT2D eigenvalue weighted by Gasteiger charge is 2.51. The molecule has 1 heterocycles. The van der Waals surface area contributed by atoms with Crippen molar-refractivity contribution in [3.05, 3.63) is 28.2 Å². The van der Waals surface area contributed by atoms with Gasteiger partial charge >= 0.3 is 0 Å². The van der Waals surface area contributed by atoms with Crippen LogP contribution in [0.1, 0.15) is 12.8 Å². The Morgan fingerprint density at radius 1 is 1.29 bits per heavy atom. The Hall–Kier alpha value is -0.370. The van der Waals surface area contributed by atoms with Gasteiger partial charge in [-0.1, -0.05) is 23.2 Å². The minimum Gasteiger partial charge on any atom is -0.376 e. The van der Waals surface area contributed by atoms with E-state index in [1.807, 2.05) is 0 Å². The predicted octanol–water partition coefficient (Wildman–Crippen LogP) is 1.78. The smallest absolute Gasteiger partial charge is 0.241 e. The number of ether oxygens (including phenoxy) is 1. The second-order valence-electron chi connectivity index (χ2n) is 5.44. The Bertz CT molecular complexity index is 653. The second-order valence-corrected chi connectivity index (χ2v) is 7.97. The van der Waals surface area contributed by atoms with Gasteiger partial charge in [0, 0.05) is 18.6 Å². The highest BCUT2D eigenvalue weighted by molar-refractivity contribution is 7.89. The highest BCUT2D eigenvalue weighted by atomic mass is 35.5. The monoisotopic (exact) mass is 350 g/mol. The maximum absolute atomic E-state index is 12.4. The maximum atomic E-state index is 12.4. The number of fused-ring (bicyclic) bond motifs is 1. The molecular formula is C13H16Cl2N2O3S. The quantitative estimate of drug-likeness (QED) is 0.870. The normalized spacial score (nSPS) is 32.3. The summed E-state index contributed by atoms with van der Waals surface area (Å²) in [4.78, 5) is 0.0726. The van der Waals surface area contributed by atoms with E-state index in [1.54, 1.807) is 0 Å². The van der Waals surface area contributed by atoms with Crippen molar-refractivity contribution in [1.82, 2.24) is 4.72 Å². The van der Waals surface area contributed by atoms with E-state index in [0.29, 0.717) is 11.6 Å². The van der Waals surface area contributed by atoms with Gasteiger partial charge in [0.15, 0.2) is 0 Å². The number of benzene rings is 1. The van der Waals surface area contributed by atoms with Gasteiger partial charge in [0.2, 0.25) is 10.0 Å². The molecule has 4 unspecified atom stereocenters. The van der Waals surface area contributed by atoms with Crippen LogP contribution in [0.3, 0.4) is 0 Å². The van der Waals surface area contributed by atoms with Crippen molar-refractivity contribution in [1.29, 1.82) is 0 Å². The van der Waals surface area contributed by atoms with Crippen LogP contribution in [0.25, 0.3) is 0 Å². The molecule has 0 amide bonds. The van der Waals surface area contributed by atoms with Gasteiger partial charge in [-0.05, 0) is 31.0 Å². The second kappa shape index (κ2) is 5.68. The molecule has 1 aliphatic heterocycles. The van der Waals surface area contributed by atoms with Gasteiger partial charge in [0.05, 0.1) is 27.1 Å². The minimum absolute atomic E-state index is 0.0726. The molecule has 0 bridgehead atoms. The molecular weight excluding hydrogens is 335 g/mol. The lowest BCUT2D eigenvalue weighted by Gasteiger charge is -2.52. The van der Waals surface area contributed by atoms with Gasteiger partial charge < -0.3 is 10.5 Å². The molecule has 1 saturated heterocycles. The standard InChI is InChI=1S/C13H16Cl2N2O3S/c14-9-4-3-7(6-10(9)15)21(18,19)17-12-11(16)8-2-1-5-20-13(8)12/h3-4,6,8,11-13,17H,1-2,5,16H2. The summed E-state index contributed by atoms with van der Waals surface area (Å²) in [7, 11) is -3.70. The molecule has 1 saturated carbocycles. The van der Waals surface area contributed by atoms with Gasteiger partial charge in [0.1, 0.15) is 0 Å². The van der Waals surface area contributed by atoms with Crippen LogP contribution in [0, 0.1) is 5.92 Å². The lowest BCUT2D eigenvalue weighted by Crippen LogP contribution is -2.71. The van der Waals surface area contributed by atoms with Crippen molar-refractivity contribution in [2.45, 2.75) is 35.9 Å². The average molecular weight is 351 g/mol. The van der Waals surface area contributed by atoms with E-state index in [1.165, 1.54) is 18.2 Å². The molecule has 1 aromatic carbocycles. The number of nitrogens with one attached hydrogen (secondary N) is 1. The third kappa shape index (κ3) is 2.81. The van der Waals surface area contributed by atoms with E-state index in [2.05, 4.69) is 4.72 Å². The summed E-state index contributed by atoms with van der Waals surface area (Å²) in [5.74, 6) is 0.236. The molecule has 0 radical (unpaired) electrons. The van der Waals surface area contributed by atoms with Crippen molar-refractivity contribution in [2.75, 3.05) is 6.61 Å². The Balaban J connectivity index is 1.78. The number of sulfonamides is 1. The third-order valence-corrected chi connectivity index (χ3v) is 6.37. The van der Waals surface area contributed by atoms with Gasteiger partial charge in [-0.15, -0.1) is 0 Å². The average Bonchev–Trinajstić information content (AvgIpc) is 2.47. The SMILES string of the molecule is NC1C2CCCOC2C1NS(=O)(=O)c1ccc(Cl)c(Cl)c1. The van der Waals surface area contributed by atoms with Gasteiger partial charge in [-0.25, -0.2) is 13.1 Å². The highest BCUT2D eigenvalue weighted by Crippen LogP contribution is 2.37. The first kappa shape index (κ1) is 15.5. The Morgan fingerprint density at radius 3 is 2.76 bits per heavy atom. The summed E-state index contributed by atoms with van der Waals surface area (Å²) in [6.45, 7) is 0.652. The van der Waals surface area contributed by atoms with Crippen LogP contribution in [0.2, 0.25) is 10.0 Å². The van der Waals surface area contributed by atoms with E-state index in [-0.39, 0.29) is 28.0 Å². The number of halogens is 2. The zero-order valence-corrected chi connectivity index (χ0v) is 13.5. The number of hydrogen-bond acceptors (Lipinski definition) is 4. The number of nitrogens with two attached hydrogens (primary N) is 1. The molecule has 4 atom stereocenters. The van der Waals surface area contributed by atoms with Crippen molar-refractivity contribution in [3.63, 3.8) is 0 Å². The van der Waals surface area contributed by atoms with Crippen molar-refractivity contribution >= 4 is 33.2 Å². The molecule has 0 aromatic heterocycles. The molecule has 116 valence electrons. The first-order chi connectivity index (χ1) is 9.90. The zero-order chi connectivity index (χ0) is 15.2. The Morgan fingerprint density at radius 2 is 2.05 bits per heavy atom. The Labute approximate surface area is 133 Å². The molecule has 0 spiro atoms. The molecule has 5 nitrogen and oxygen atoms in total. The minimum atomic E-state index is -3.70. The van der Waals surface area contributed by atoms with Gasteiger partial charge in [0.25, 0.3) is 0 Å². The molecule has 2 aliphatic rings. The summed E-state index contributed by atoms with van der Waals surface area (Å²) in [6.07, 6.45) is 1.82. The van der Waals surface area contributed by atoms with Gasteiger partial charge in [-0.3, -0.25) is 0 Å². The fourth-order valence-corrected chi connectivity index (χ4v) is 4.65. The first-order valence-corrected chi connectivity index (χ1v) is 8.98. The summed E-state index contributed by atoms with van der Waals surface area (Å²) < 4.78 is 33.0. The molecule has 1 aromatic rings. The van der Waals surface area contributed by atoms with Gasteiger partial charge in [-0.2, -0.15) is 0 Å². The molecule has 3 N–H and O–H groups in total. The molecule has 8 heteroatoms. The lowest BCUT2D eigenvalue weighted by atomic mass is 9.69. The lowest BCUT2D eigenvalue weighted by molar-refractivity contribution is -0.114. The van der Waals surface area contributed by atoms with Crippen molar-refractivity contribution in [2.24, 2.45) is 11.7 Å². The van der Waals surface area contributed by atoms with E-state index >= 15 is 0 Å². The van der Waals surface area contributed by atoms with E-state index < -0.39 is 16.1 Å². The number of hydrogen-bond donors (Lipinski definition) is 2. The maximum Gasteiger partial charge on any atom is 0.241 e. The van der Waals surface area contributed by atoms with Crippen LogP contribution in [0.4, 0.5) is 0 Å². The summed E-state index contributed by atoms with van der Waals surface area (Å²) in [6, 6.07) is 3.59. The fourth-order valence-electron chi connectivity index (χ4n) is 2.98. The molecule has 3 rings (SSSR count). The van der Waals surface area contributed by atoms with Crippen molar-refractivity contribution in [3.8, 4) is 0 Å². The predicted molar refractivity (Wildman–Crippen MR) is 81.0 cm³/mol. The van der Waals surface area contributed by atoms with Crippen LogP contribution in [-0.2, 0) is 14.8 Å². The van der Waals surface area contributed by atoms with Crippen molar-refractivity contribution < 1.29 is 13.2 Å². The summed E-state index contributed by atoms with van der Waals surface area (Å²) in [5.41, 5.74) is 6.06. The zero-order valence-electron chi connectivity index (χ0n) is 11.1. The van der Waals surface area contributed by atoms with Crippen LogP contribution < -0.4 is 10.5 Å². The molecule has 2 fully saturated rings. The van der Waals surface area contributed by atoms with E-state index in [9.17, 15) is 8.42 Å². The van der Waals surface area contributed by atoms with Crippen LogP contribution in [0.5, 0.6) is 0 Å². The first-order valence-electron chi connectivity index (χ1n) is 6.75. The van der Waals surface area contributed by atoms with Crippen LogP contribution in [0.15, 0.2) is 23.1 Å². The number of rotatable bonds is 3. The van der Waals surface area contributed by atoms with Crippen LogP contribution in [-0.4, -0.2) is 33.2 Å². The largest absolute Gasteiger partial charge is 0.376 e. The van der Waals surface area contributed by atoms with E-state index in [4.69, 9.17) is 33.7 Å². The molecule has 1 aliphatic carbocycles. The summed E-state index contributed by atoms with van der Waals surface area (Å²) >= 11 is 11.7. The topological polar surface area (TPSA) is 81.4 Å². The Kier molecular flexibility index (Phi) is 4.20. The third-order valence-electron chi connectivity index (χ3n) is 4.17. The van der Waals surface area contributed by atoms with Crippen LogP contribution >= 0.6 is 23.2 Å². The summed E-state index contributed by atoms with van der Waals surface area (Å²) in [5, 5.41) is 0.510. The van der Waals surface area contributed by atoms with E-state index in [0.717, 1.165) is 12.8 Å².